The number of methoxy groups -OCH3 is 2. The second kappa shape index (κ2) is 9.07. The van der Waals surface area contributed by atoms with Crippen molar-refractivity contribution in [3.05, 3.63) is 47.0 Å². The fourth-order valence-electron chi connectivity index (χ4n) is 3.08. The molecule has 2 rings (SSSR count). The molecule has 0 bridgehead atoms. The maximum Gasteiger partial charge on any atom is 0.241 e. The van der Waals surface area contributed by atoms with E-state index in [9.17, 15) is 13.2 Å². The van der Waals surface area contributed by atoms with Crippen molar-refractivity contribution in [1.82, 2.24) is 4.72 Å². The SMILES string of the molecule is COc1ccc(NC(=O)CCNS(=O)(=O)c2c(C)cc(C)cc2C)c(OC)c1. The molecule has 2 aromatic carbocycles. The van der Waals surface area contributed by atoms with Gasteiger partial charge >= 0.3 is 0 Å². The Hall–Kier alpha value is -2.58. The molecule has 0 atom stereocenters. The van der Waals surface area contributed by atoms with E-state index in [0.29, 0.717) is 28.3 Å². The fourth-order valence-corrected chi connectivity index (χ4v) is 4.56. The monoisotopic (exact) mass is 406 g/mol. The lowest BCUT2D eigenvalue weighted by atomic mass is 10.1. The summed E-state index contributed by atoms with van der Waals surface area (Å²) < 4.78 is 38.1. The summed E-state index contributed by atoms with van der Waals surface area (Å²) in [6.45, 7) is 5.43. The number of anilines is 1. The minimum absolute atomic E-state index is 0.0145. The second-order valence-corrected chi connectivity index (χ2v) is 8.19. The summed E-state index contributed by atoms with van der Waals surface area (Å²) in [7, 11) is -0.671. The number of aryl methyl sites for hydroxylation is 3. The minimum atomic E-state index is -3.70. The average Bonchev–Trinajstić information content (AvgIpc) is 2.60. The molecule has 0 saturated heterocycles. The predicted molar refractivity (Wildman–Crippen MR) is 109 cm³/mol. The number of amides is 1. The van der Waals surface area contributed by atoms with Crippen LogP contribution in [0.1, 0.15) is 23.1 Å². The normalized spacial score (nSPS) is 11.2. The first kappa shape index (κ1) is 21.7. The largest absolute Gasteiger partial charge is 0.497 e. The van der Waals surface area contributed by atoms with Crippen LogP contribution >= 0.6 is 0 Å². The van der Waals surface area contributed by atoms with Gasteiger partial charge in [0.1, 0.15) is 11.5 Å². The van der Waals surface area contributed by atoms with E-state index in [1.54, 1.807) is 32.0 Å². The molecule has 2 aromatic rings. The Morgan fingerprint density at radius 3 is 2.21 bits per heavy atom. The summed E-state index contributed by atoms with van der Waals surface area (Å²) in [5.74, 6) is 0.731. The molecule has 0 unspecified atom stereocenters. The predicted octanol–water partition coefficient (Wildman–Crippen LogP) is 2.94. The molecule has 7 nitrogen and oxygen atoms in total. The van der Waals surface area contributed by atoms with Gasteiger partial charge in [0.15, 0.2) is 0 Å². The number of sulfonamides is 1. The number of carbonyl (C=O) groups is 1. The molecule has 0 aliphatic rings. The number of hydrogen-bond donors (Lipinski definition) is 2. The van der Waals surface area contributed by atoms with E-state index in [1.165, 1.54) is 14.2 Å². The van der Waals surface area contributed by atoms with Crippen LogP contribution in [0.3, 0.4) is 0 Å². The first-order chi connectivity index (χ1) is 13.2. The van der Waals surface area contributed by atoms with Gasteiger partial charge in [0.2, 0.25) is 15.9 Å². The summed E-state index contributed by atoms with van der Waals surface area (Å²) in [4.78, 5) is 12.5. The van der Waals surface area contributed by atoms with E-state index in [1.807, 2.05) is 19.1 Å². The maximum atomic E-state index is 12.6. The Labute approximate surface area is 166 Å². The van der Waals surface area contributed by atoms with Crippen molar-refractivity contribution in [3.63, 3.8) is 0 Å². The third-order valence-corrected chi connectivity index (χ3v) is 5.97. The molecule has 0 aromatic heterocycles. The number of rotatable bonds is 8. The molecule has 152 valence electrons. The molecule has 2 N–H and O–H groups in total. The van der Waals surface area contributed by atoms with Gasteiger partial charge in [-0.15, -0.1) is 0 Å². The van der Waals surface area contributed by atoms with Crippen LogP contribution in [-0.2, 0) is 14.8 Å². The molecule has 0 saturated carbocycles. The summed E-state index contributed by atoms with van der Waals surface area (Å²) in [6, 6.07) is 8.66. The Bertz CT molecular complexity index is 948. The Balaban J connectivity index is 2.01. The van der Waals surface area contributed by atoms with E-state index in [-0.39, 0.29) is 23.8 Å². The quantitative estimate of drug-likeness (QED) is 0.703. The zero-order valence-corrected chi connectivity index (χ0v) is 17.6. The van der Waals surface area contributed by atoms with Gasteiger partial charge in [-0.25, -0.2) is 13.1 Å². The highest BCUT2D eigenvalue weighted by molar-refractivity contribution is 7.89. The molecule has 0 radical (unpaired) electrons. The van der Waals surface area contributed by atoms with Crippen molar-refractivity contribution in [1.29, 1.82) is 0 Å². The zero-order chi connectivity index (χ0) is 20.9. The second-order valence-electron chi connectivity index (χ2n) is 6.49. The van der Waals surface area contributed by atoms with Crippen LogP contribution in [0.25, 0.3) is 0 Å². The number of hydrogen-bond acceptors (Lipinski definition) is 5. The van der Waals surface area contributed by atoms with E-state index >= 15 is 0 Å². The molecule has 8 heteroatoms. The molecular formula is C20H26N2O5S. The summed E-state index contributed by atoms with van der Waals surface area (Å²) >= 11 is 0. The van der Waals surface area contributed by atoms with E-state index in [2.05, 4.69) is 10.0 Å². The lowest BCUT2D eigenvalue weighted by molar-refractivity contribution is -0.116. The fraction of sp³-hybridized carbons (Fsp3) is 0.350. The van der Waals surface area contributed by atoms with Crippen molar-refractivity contribution in [2.45, 2.75) is 32.1 Å². The average molecular weight is 407 g/mol. The molecular weight excluding hydrogens is 380 g/mol. The number of ether oxygens (including phenoxy) is 2. The van der Waals surface area contributed by atoms with Crippen molar-refractivity contribution >= 4 is 21.6 Å². The molecule has 28 heavy (non-hydrogen) atoms. The van der Waals surface area contributed by atoms with Crippen molar-refractivity contribution in [2.24, 2.45) is 0 Å². The third kappa shape index (κ3) is 5.24. The minimum Gasteiger partial charge on any atom is -0.497 e. The van der Waals surface area contributed by atoms with Crippen molar-refractivity contribution in [2.75, 3.05) is 26.1 Å². The number of carbonyl (C=O) groups excluding carboxylic acids is 1. The van der Waals surface area contributed by atoms with E-state index in [0.717, 1.165) is 5.56 Å². The summed E-state index contributed by atoms with van der Waals surface area (Å²) in [5, 5.41) is 2.71. The lowest BCUT2D eigenvalue weighted by Crippen LogP contribution is -2.29. The summed E-state index contributed by atoms with van der Waals surface area (Å²) in [5.41, 5.74) is 2.85. The lowest BCUT2D eigenvalue weighted by Gasteiger charge is -2.14. The molecule has 0 heterocycles. The smallest absolute Gasteiger partial charge is 0.241 e. The highest BCUT2D eigenvalue weighted by Crippen LogP contribution is 2.29. The van der Waals surface area contributed by atoms with Gasteiger partial charge in [-0.1, -0.05) is 17.7 Å². The van der Waals surface area contributed by atoms with Crippen LogP contribution in [0.15, 0.2) is 35.2 Å². The van der Waals surface area contributed by atoms with Crippen molar-refractivity contribution < 1.29 is 22.7 Å². The summed E-state index contributed by atoms with van der Waals surface area (Å²) in [6.07, 6.45) is -0.0155. The maximum absolute atomic E-state index is 12.6. The van der Waals surface area contributed by atoms with Crippen LogP contribution < -0.4 is 19.5 Å². The van der Waals surface area contributed by atoms with Crippen molar-refractivity contribution in [3.8, 4) is 11.5 Å². The zero-order valence-electron chi connectivity index (χ0n) is 16.8. The van der Waals surface area contributed by atoms with E-state index in [4.69, 9.17) is 9.47 Å². The first-order valence-electron chi connectivity index (χ1n) is 8.77. The van der Waals surface area contributed by atoms with Crippen LogP contribution in [0, 0.1) is 20.8 Å². The van der Waals surface area contributed by atoms with Gasteiger partial charge in [0.25, 0.3) is 0 Å². The number of nitrogens with one attached hydrogen (secondary N) is 2. The Morgan fingerprint density at radius 1 is 1.00 bits per heavy atom. The van der Waals surface area contributed by atoms with Gasteiger partial charge in [-0.3, -0.25) is 4.79 Å². The van der Waals surface area contributed by atoms with Gasteiger partial charge in [0, 0.05) is 19.0 Å². The molecule has 0 spiro atoms. The molecule has 0 aliphatic carbocycles. The van der Waals surface area contributed by atoms with Crippen LogP contribution in [-0.4, -0.2) is 35.1 Å². The van der Waals surface area contributed by atoms with E-state index < -0.39 is 10.0 Å². The molecule has 1 amide bonds. The van der Waals surface area contributed by atoms with Gasteiger partial charge in [-0.05, 0) is 44.0 Å². The van der Waals surface area contributed by atoms with Crippen LogP contribution in [0.5, 0.6) is 11.5 Å². The highest BCUT2D eigenvalue weighted by atomic mass is 32.2. The molecule has 0 aliphatic heterocycles. The van der Waals surface area contributed by atoms with Crippen LogP contribution in [0.2, 0.25) is 0 Å². The Morgan fingerprint density at radius 2 is 1.64 bits per heavy atom. The third-order valence-electron chi connectivity index (χ3n) is 4.20. The van der Waals surface area contributed by atoms with Crippen LogP contribution in [0.4, 0.5) is 5.69 Å². The van der Waals surface area contributed by atoms with Gasteiger partial charge in [-0.2, -0.15) is 0 Å². The molecule has 0 fully saturated rings. The highest BCUT2D eigenvalue weighted by Gasteiger charge is 2.20. The number of benzene rings is 2. The van der Waals surface area contributed by atoms with Gasteiger partial charge in [0.05, 0.1) is 24.8 Å². The topological polar surface area (TPSA) is 93.7 Å². The Kier molecular flexibility index (Phi) is 7.04. The van der Waals surface area contributed by atoms with Gasteiger partial charge < -0.3 is 14.8 Å². The standard InChI is InChI=1S/C20H26N2O5S/c1-13-10-14(2)20(15(3)11-13)28(24,25)21-9-8-19(23)22-17-7-6-16(26-4)12-18(17)27-5/h6-7,10-12,21H,8-9H2,1-5H3,(H,22,23). The first-order valence-corrected chi connectivity index (χ1v) is 10.3.